The number of hydrogen-bond donors (Lipinski definition) is 1. The minimum Gasteiger partial charge on any atom is -0.371 e. The largest absolute Gasteiger partial charge is 0.418 e. The van der Waals surface area contributed by atoms with Gasteiger partial charge in [-0.3, -0.25) is 14.8 Å². The normalized spacial score (nSPS) is 18.2. The molecule has 1 saturated heterocycles. The van der Waals surface area contributed by atoms with Crippen molar-refractivity contribution < 1.29 is 18.0 Å². The molecule has 0 radical (unpaired) electrons. The van der Waals surface area contributed by atoms with Gasteiger partial charge in [-0.15, -0.1) is 0 Å². The second kappa shape index (κ2) is 11.4. The van der Waals surface area contributed by atoms with Crippen molar-refractivity contribution in [1.29, 1.82) is 0 Å². The van der Waals surface area contributed by atoms with Crippen LogP contribution in [0, 0.1) is 6.92 Å². The molecular formula is C33H29F3N6O. The van der Waals surface area contributed by atoms with E-state index in [2.05, 4.69) is 15.3 Å². The van der Waals surface area contributed by atoms with Crippen LogP contribution in [0.4, 0.5) is 24.5 Å². The fourth-order valence-corrected chi connectivity index (χ4v) is 5.64. The van der Waals surface area contributed by atoms with Crippen molar-refractivity contribution in [2.24, 2.45) is 4.99 Å². The molecule has 7 nitrogen and oxygen atoms in total. The number of amides is 1. The Morgan fingerprint density at radius 1 is 1.00 bits per heavy atom. The number of aromatic nitrogens is 3. The highest BCUT2D eigenvalue weighted by atomic mass is 19.4. The molecule has 2 aromatic heterocycles. The van der Waals surface area contributed by atoms with Gasteiger partial charge in [-0.05, 0) is 98.0 Å². The van der Waals surface area contributed by atoms with E-state index in [1.807, 2.05) is 37.3 Å². The number of carbonyl (C=O) groups is 1. The zero-order chi connectivity index (χ0) is 30.0. The van der Waals surface area contributed by atoms with Gasteiger partial charge >= 0.3 is 6.18 Å². The number of piperidine rings is 1. The second-order valence-corrected chi connectivity index (χ2v) is 10.7. The van der Waals surface area contributed by atoms with E-state index in [9.17, 15) is 18.0 Å². The maximum Gasteiger partial charge on any atom is 0.418 e. The molecule has 1 fully saturated rings. The average Bonchev–Trinajstić information content (AvgIpc) is 3.53. The fraction of sp³-hybridized carbons (Fsp3) is 0.242. The second-order valence-electron chi connectivity index (χ2n) is 10.7. The molecule has 4 aromatic rings. The molecule has 0 bridgehead atoms. The van der Waals surface area contributed by atoms with E-state index >= 15 is 0 Å². The lowest BCUT2D eigenvalue weighted by Gasteiger charge is -2.31. The number of anilines is 2. The van der Waals surface area contributed by atoms with Crippen LogP contribution >= 0.6 is 0 Å². The summed E-state index contributed by atoms with van der Waals surface area (Å²) in [7, 11) is 0. The first-order valence-corrected chi connectivity index (χ1v) is 14.1. The molecule has 2 aliphatic rings. The monoisotopic (exact) mass is 582 g/mol. The van der Waals surface area contributed by atoms with Gasteiger partial charge in [0.25, 0.3) is 5.91 Å². The number of aliphatic imine (C=N–C) groups is 1. The van der Waals surface area contributed by atoms with Gasteiger partial charge in [0, 0.05) is 60.4 Å². The van der Waals surface area contributed by atoms with Crippen LogP contribution in [0.25, 0.3) is 11.3 Å². The molecule has 1 amide bonds. The molecule has 2 aliphatic heterocycles. The summed E-state index contributed by atoms with van der Waals surface area (Å²) in [6.45, 7) is 3.05. The van der Waals surface area contributed by atoms with Gasteiger partial charge < -0.3 is 10.2 Å². The van der Waals surface area contributed by atoms with E-state index in [0.29, 0.717) is 30.3 Å². The van der Waals surface area contributed by atoms with E-state index in [1.54, 1.807) is 47.9 Å². The van der Waals surface area contributed by atoms with Crippen molar-refractivity contribution in [3.05, 3.63) is 113 Å². The number of carbonyl (C=O) groups excluding carboxylic acids is 1. The Balaban J connectivity index is 1.32. The third-order valence-corrected chi connectivity index (χ3v) is 7.82. The third-order valence-electron chi connectivity index (χ3n) is 7.82. The molecule has 2 aromatic carbocycles. The van der Waals surface area contributed by atoms with Gasteiger partial charge in [-0.1, -0.05) is 6.07 Å². The van der Waals surface area contributed by atoms with Crippen LogP contribution < -0.4 is 10.2 Å². The number of allylic oxidation sites excluding steroid dienone is 1. The number of hydrogen-bond acceptors (Lipinski definition) is 6. The first kappa shape index (κ1) is 28.3. The van der Waals surface area contributed by atoms with Gasteiger partial charge in [-0.25, -0.2) is 9.97 Å². The number of pyridine rings is 1. The van der Waals surface area contributed by atoms with Crippen LogP contribution in [0.2, 0.25) is 0 Å². The Bertz CT molecular complexity index is 1700. The zero-order valence-electron chi connectivity index (χ0n) is 23.5. The first-order chi connectivity index (χ1) is 20.7. The Hall–Kier alpha value is -4.86. The zero-order valence-corrected chi connectivity index (χ0v) is 23.5. The highest BCUT2D eigenvalue weighted by Gasteiger charge is 2.38. The van der Waals surface area contributed by atoms with E-state index in [-0.39, 0.29) is 11.3 Å². The van der Waals surface area contributed by atoms with Crippen molar-refractivity contribution in [3.63, 3.8) is 0 Å². The molecule has 6 rings (SSSR count). The Morgan fingerprint density at radius 2 is 1.84 bits per heavy atom. The molecule has 1 N–H and O–H groups in total. The van der Waals surface area contributed by atoms with E-state index in [1.165, 1.54) is 12.1 Å². The molecule has 0 aliphatic carbocycles. The van der Waals surface area contributed by atoms with Crippen LogP contribution in [0.3, 0.4) is 0 Å². The van der Waals surface area contributed by atoms with E-state index in [0.717, 1.165) is 42.0 Å². The van der Waals surface area contributed by atoms with Crippen molar-refractivity contribution in [3.8, 4) is 11.3 Å². The van der Waals surface area contributed by atoms with Gasteiger partial charge in [0.1, 0.15) is 0 Å². The molecule has 4 heterocycles. The van der Waals surface area contributed by atoms with Crippen LogP contribution in [0.5, 0.6) is 0 Å². The lowest BCUT2D eigenvalue weighted by atomic mass is 9.86. The number of nitrogens with one attached hydrogen (secondary N) is 1. The van der Waals surface area contributed by atoms with Crippen molar-refractivity contribution in [2.75, 3.05) is 23.3 Å². The third kappa shape index (κ3) is 5.64. The highest BCUT2D eigenvalue weighted by Crippen LogP contribution is 2.40. The molecule has 218 valence electrons. The smallest absolute Gasteiger partial charge is 0.371 e. The van der Waals surface area contributed by atoms with Gasteiger partial charge in [-0.2, -0.15) is 13.2 Å². The predicted molar refractivity (Wildman–Crippen MR) is 160 cm³/mol. The number of rotatable bonds is 6. The van der Waals surface area contributed by atoms with Gasteiger partial charge in [0.05, 0.1) is 11.3 Å². The molecule has 1 atom stereocenters. The number of halogens is 3. The summed E-state index contributed by atoms with van der Waals surface area (Å²) in [5, 5.41) is 2.79. The van der Waals surface area contributed by atoms with Crippen molar-refractivity contribution in [1.82, 2.24) is 15.0 Å². The quantitative estimate of drug-likeness (QED) is 0.265. The Kier molecular flexibility index (Phi) is 7.52. The summed E-state index contributed by atoms with van der Waals surface area (Å²) < 4.78 is 42.3. The number of alkyl halides is 3. The summed E-state index contributed by atoms with van der Waals surface area (Å²) >= 11 is 0. The predicted octanol–water partition coefficient (Wildman–Crippen LogP) is 6.99. The van der Waals surface area contributed by atoms with E-state index in [4.69, 9.17) is 9.98 Å². The number of aryl methyl sites for hydroxylation is 1. The summed E-state index contributed by atoms with van der Waals surface area (Å²) in [4.78, 5) is 33.3. The van der Waals surface area contributed by atoms with Crippen LogP contribution in [0.15, 0.2) is 90.3 Å². The summed E-state index contributed by atoms with van der Waals surface area (Å²) in [5.41, 5.74) is 1.72. The summed E-state index contributed by atoms with van der Waals surface area (Å²) in [5.74, 6) is -0.201. The molecule has 10 heteroatoms. The number of nitrogens with zero attached hydrogens (tertiary/aromatic N) is 5. The average molecular weight is 583 g/mol. The fourth-order valence-electron chi connectivity index (χ4n) is 5.64. The molecule has 0 spiro atoms. The summed E-state index contributed by atoms with van der Waals surface area (Å²) in [6, 6.07) is 14.7. The van der Waals surface area contributed by atoms with Crippen molar-refractivity contribution in [2.45, 2.75) is 37.9 Å². The standard InChI is InChI=1S/C33H29F3N6O/c1-22-8-10-25(40-30(43)23-9-11-29(27(19-23)33(34,35)36)42-17-3-2-4-18-42)20-26(22)32(13-6-15-39-32)31-38-16-12-28(41-31)24-7-5-14-37-21-24/h5-16,19-21H,2-4,17-18H2,1H3,(H,40,43). The van der Waals surface area contributed by atoms with Crippen molar-refractivity contribution >= 4 is 23.5 Å². The minimum absolute atomic E-state index is 0.0730. The lowest BCUT2D eigenvalue weighted by molar-refractivity contribution is -0.137. The van der Waals surface area contributed by atoms with E-state index < -0.39 is 23.2 Å². The highest BCUT2D eigenvalue weighted by molar-refractivity contribution is 6.04. The summed E-state index contributed by atoms with van der Waals surface area (Å²) in [6.07, 6.45) is 8.54. The Labute approximate surface area is 247 Å². The topological polar surface area (TPSA) is 83.4 Å². The number of benzene rings is 2. The Morgan fingerprint density at radius 3 is 2.56 bits per heavy atom. The molecule has 0 saturated carbocycles. The van der Waals surface area contributed by atoms with Crippen LogP contribution in [0.1, 0.15) is 52.1 Å². The SMILES string of the molecule is Cc1ccc(NC(=O)c2ccc(N3CCCCC3)c(C(F)(F)F)c2)cc1C1(c2nccc(-c3cccnc3)n2)C=CC=N1. The molecular weight excluding hydrogens is 553 g/mol. The maximum atomic E-state index is 14.1. The van der Waals surface area contributed by atoms with Gasteiger partial charge in [0.2, 0.25) is 0 Å². The van der Waals surface area contributed by atoms with Crippen LogP contribution in [-0.2, 0) is 11.7 Å². The molecule has 43 heavy (non-hydrogen) atoms. The maximum absolute atomic E-state index is 14.1. The first-order valence-electron chi connectivity index (χ1n) is 14.1. The lowest BCUT2D eigenvalue weighted by Crippen LogP contribution is -2.31. The minimum atomic E-state index is -4.59. The molecule has 1 unspecified atom stereocenters. The van der Waals surface area contributed by atoms with Gasteiger partial charge in [0.15, 0.2) is 11.4 Å². The van der Waals surface area contributed by atoms with Crippen LogP contribution in [-0.4, -0.2) is 40.2 Å².